The molecular weight excluding hydrogens is 236 g/mol. The fourth-order valence-corrected chi connectivity index (χ4v) is 5.30. The monoisotopic (exact) mass is 260 g/mol. The molecule has 0 spiro atoms. The maximum atomic E-state index is 5.95. The van der Waals surface area contributed by atoms with Crippen LogP contribution in [0.5, 0.6) is 0 Å². The van der Waals surface area contributed by atoms with Crippen molar-refractivity contribution in [3.63, 3.8) is 0 Å². The van der Waals surface area contributed by atoms with Gasteiger partial charge in [0.2, 0.25) is 0 Å². The van der Waals surface area contributed by atoms with Gasteiger partial charge in [-0.15, -0.1) is 10.2 Å². The summed E-state index contributed by atoms with van der Waals surface area (Å²) in [5.74, 6) is 4.89. The highest BCUT2D eigenvalue weighted by Gasteiger charge is 2.49. The largest absolute Gasteiger partial charge is 0.328 e. The van der Waals surface area contributed by atoms with Gasteiger partial charge in [-0.25, -0.2) is 0 Å². The van der Waals surface area contributed by atoms with E-state index in [1.165, 1.54) is 32.1 Å². The molecule has 1 unspecified atom stereocenters. The van der Waals surface area contributed by atoms with Crippen molar-refractivity contribution in [2.24, 2.45) is 29.4 Å². The van der Waals surface area contributed by atoms with E-state index in [9.17, 15) is 0 Å². The van der Waals surface area contributed by atoms with Crippen molar-refractivity contribution in [2.75, 3.05) is 0 Å². The molecule has 1 heterocycles. The lowest BCUT2D eigenvalue weighted by atomic mass is 9.54. The van der Waals surface area contributed by atoms with Gasteiger partial charge < -0.3 is 10.3 Å². The van der Waals surface area contributed by atoms with Crippen LogP contribution in [0.4, 0.5) is 0 Å². The van der Waals surface area contributed by atoms with E-state index < -0.39 is 0 Å². The van der Waals surface area contributed by atoms with Gasteiger partial charge in [0.25, 0.3) is 0 Å². The number of aromatic nitrogens is 3. The molecule has 4 heteroatoms. The fraction of sp³-hybridized carbons (Fsp3) is 0.867. The molecule has 5 rings (SSSR count). The molecule has 4 fully saturated rings. The first-order valence-electron chi connectivity index (χ1n) is 7.84. The van der Waals surface area contributed by atoms with Crippen molar-refractivity contribution in [1.82, 2.24) is 14.8 Å². The fourth-order valence-electron chi connectivity index (χ4n) is 5.30. The van der Waals surface area contributed by atoms with Crippen LogP contribution in [0, 0.1) is 23.7 Å². The summed E-state index contributed by atoms with van der Waals surface area (Å²) in [6.45, 7) is 2.05. The Labute approximate surface area is 114 Å². The minimum atomic E-state index is 0.166. The van der Waals surface area contributed by atoms with E-state index in [1.54, 1.807) is 0 Å². The molecule has 4 saturated carbocycles. The first-order chi connectivity index (χ1) is 9.20. The van der Waals surface area contributed by atoms with Crippen molar-refractivity contribution >= 4 is 0 Å². The Morgan fingerprint density at radius 1 is 1.21 bits per heavy atom. The second-order valence-corrected chi connectivity index (χ2v) is 7.26. The Bertz CT molecular complexity index is 436. The summed E-state index contributed by atoms with van der Waals surface area (Å²) in [6, 6.07) is 0.830. The van der Waals surface area contributed by atoms with Crippen molar-refractivity contribution < 1.29 is 0 Å². The molecule has 0 aromatic carbocycles. The van der Waals surface area contributed by atoms with E-state index >= 15 is 0 Å². The number of nitrogens with two attached hydrogens (primary N) is 1. The molecular formula is C15H24N4. The van der Waals surface area contributed by atoms with Gasteiger partial charge in [-0.3, -0.25) is 0 Å². The van der Waals surface area contributed by atoms with E-state index in [0.29, 0.717) is 6.04 Å². The Morgan fingerprint density at radius 3 is 2.42 bits per heavy atom. The predicted molar refractivity (Wildman–Crippen MR) is 73.5 cm³/mol. The van der Waals surface area contributed by atoms with Crippen LogP contribution < -0.4 is 5.73 Å². The van der Waals surface area contributed by atoms with Gasteiger partial charge >= 0.3 is 0 Å². The van der Waals surface area contributed by atoms with Crippen LogP contribution in [-0.2, 0) is 6.42 Å². The summed E-state index contributed by atoms with van der Waals surface area (Å²) in [5.41, 5.74) is 5.95. The average molecular weight is 260 g/mol. The first kappa shape index (κ1) is 11.9. The third kappa shape index (κ3) is 1.92. The molecule has 4 nitrogen and oxygen atoms in total. The van der Waals surface area contributed by atoms with Crippen LogP contribution >= 0.6 is 0 Å². The molecule has 0 radical (unpaired) electrons. The van der Waals surface area contributed by atoms with Crippen LogP contribution in [0.2, 0.25) is 0 Å². The molecule has 19 heavy (non-hydrogen) atoms. The summed E-state index contributed by atoms with van der Waals surface area (Å²) in [5, 5.41) is 8.49. The Hall–Kier alpha value is -0.900. The molecule has 2 N–H and O–H groups in total. The maximum absolute atomic E-state index is 5.95. The molecule has 0 saturated heterocycles. The van der Waals surface area contributed by atoms with Gasteiger partial charge in [-0.05, 0) is 62.7 Å². The van der Waals surface area contributed by atoms with Gasteiger partial charge in [0.05, 0.1) is 0 Å². The lowest BCUT2D eigenvalue weighted by Crippen LogP contribution is -2.46. The van der Waals surface area contributed by atoms with Gasteiger partial charge in [-0.2, -0.15) is 0 Å². The van der Waals surface area contributed by atoms with Crippen LogP contribution in [0.25, 0.3) is 0 Å². The van der Waals surface area contributed by atoms with Crippen LogP contribution in [0.3, 0.4) is 0 Å². The van der Waals surface area contributed by atoms with Crippen molar-refractivity contribution in [3.8, 4) is 0 Å². The Balaban J connectivity index is 1.64. The maximum Gasteiger partial charge on any atom is 0.134 e. The Kier molecular flexibility index (Phi) is 2.69. The number of rotatable bonds is 3. The van der Waals surface area contributed by atoms with E-state index in [2.05, 4.69) is 21.7 Å². The van der Waals surface area contributed by atoms with E-state index in [0.717, 1.165) is 35.9 Å². The van der Waals surface area contributed by atoms with Gasteiger partial charge in [0, 0.05) is 18.5 Å². The average Bonchev–Trinajstić information content (AvgIpc) is 2.75. The molecule has 104 valence electrons. The third-order valence-corrected chi connectivity index (χ3v) is 5.65. The highest BCUT2D eigenvalue weighted by molar-refractivity contribution is 5.04. The summed E-state index contributed by atoms with van der Waals surface area (Å²) >= 11 is 0. The predicted octanol–water partition coefficient (Wildman–Crippen LogP) is 2.16. The molecule has 4 aliphatic carbocycles. The molecule has 1 atom stereocenters. The summed E-state index contributed by atoms with van der Waals surface area (Å²) in [4.78, 5) is 0. The lowest BCUT2D eigenvalue weighted by Gasteiger charge is -2.54. The summed E-state index contributed by atoms with van der Waals surface area (Å²) in [7, 11) is 0. The number of hydrogen-bond donors (Lipinski definition) is 1. The quantitative estimate of drug-likeness (QED) is 0.906. The molecule has 0 amide bonds. The van der Waals surface area contributed by atoms with Crippen LogP contribution in [-0.4, -0.2) is 20.8 Å². The van der Waals surface area contributed by atoms with Gasteiger partial charge in [0.1, 0.15) is 12.2 Å². The van der Waals surface area contributed by atoms with Gasteiger partial charge in [0.15, 0.2) is 0 Å². The van der Waals surface area contributed by atoms with Crippen molar-refractivity contribution in [1.29, 1.82) is 0 Å². The van der Waals surface area contributed by atoms with Crippen molar-refractivity contribution in [3.05, 3.63) is 12.2 Å². The molecule has 1 aromatic rings. The zero-order valence-corrected chi connectivity index (χ0v) is 11.7. The van der Waals surface area contributed by atoms with E-state index in [-0.39, 0.29) is 6.04 Å². The minimum Gasteiger partial charge on any atom is -0.328 e. The summed E-state index contributed by atoms with van der Waals surface area (Å²) in [6.07, 6.45) is 10.1. The minimum absolute atomic E-state index is 0.166. The standard InChI is InChI=1S/C15H24N4/c1-9(16)2-14-18-17-8-19(14)15-12-4-10-3-11(6-12)7-13(15)5-10/h8-13,15H,2-7,16H2,1H3. The number of hydrogen-bond acceptors (Lipinski definition) is 3. The van der Waals surface area contributed by atoms with Crippen molar-refractivity contribution in [2.45, 2.75) is 57.5 Å². The Morgan fingerprint density at radius 2 is 1.84 bits per heavy atom. The molecule has 1 aromatic heterocycles. The second kappa shape index (κ2) is 4.30. The zero-order valence-electron chi connectivity index (χ0n) is 11.7. The number of nitrogens with zero attached hydrogens (tertiary/aromatic N) is 3. The van der Waals surface area contributed by atoms with E-state index in [4.69, 9.17) is 5.73 Å². The van der Waals surface area contributed by atoms with Gasteiger partial charge in [-0.1, -0.05) is 0 Å². The normalized spacial score (nSPS) is 41.7. The van der Waals surface area contributed by atoms with Crippen LogP contribution in [0.1, 0.15) is 50.9 Å². The first-order valence-corrected chi connectivity index (χ1v) is 7.84. The molecule has 0 aliphatic heterocycles. The third-order valence-electron chi connectivity index (χ3n) is 5.65. The smallest absolute Gasteiger partial charge is 0.134 e. The summed E-state index contributed by atoms with van der Waals surface area (Å²) < 4.78 is 2.39. The molecule has 4 aliphatic rings. The highest BCUT2D eigenvalue weighted by Crippen LogP contribution is 2.58. The SMILES string of the molecule is CC(N)Cc1nncn1C1C2CC3CC(C2)CC1C3. The lowest BCUT2D eigenvalue weighted by molar-refractivity contribution is -0.0302. The zero-order chi connectivity index (χ0) is 13.0. The topological polar surface area (TPSA) is 56.7 Å². The highest BCUT2D eigenvalue weighted by atomic mass is 15.3. The molecule has 4 bridgehead atoms. The second-order valence-electron chi connectivity index (χ2n) is 7.26. The van der Waals surface area contributed by atoms with Crippen LogP contribution in [0.15, 0.2) is 6.33 Å². The van der Waals surface area contributed by atoms with E-state index in [1.807, 2.05) is 6.33 Å².